The van der Waals surface area contributed by atoms with Gasteiger partial charge in [0, 0.05) is 0 Å². The highest BCUT2D eigenvalue weighted by Gasteiger charge is 2.36. The molecule has 3 nitrogen and oxygen atoms in total. The number of thiocarbonyl (C=S) groups is 1. The van der Waals surface area contributed by atoms with E-state index in [1.54, 1.807) is 0 Å². The maximum Gasteiger partial charge on any atom is 0.189 e. The normalized spacial score (nSPS) is 24.2. The summed E-state index contributed by atoms with van der Waals surface area (Å²) < 4.78 is 0. The number of hydrogen-bond acceptors (Lipinski definition) is 2. The van der Waals surface area contributed by atoms with Crippen molar-refractivity contribution in [1.29, 1.82) is 0 Å². The largest absolute Gasteiger partial charge is 0.342 e. The first-order valence-electron chi connectivity index (χ1n) is 5.95. The van der Waals surface area contributed by atoms with E-state index in [9.17, 15) is 0 Å². The van der Waals surface area contributed by atoms with Gasteiger partial charge in [-0.2, -0.15) is 0 Å². The van der Waals surface area contributed by atoms with Gasteiger partial charge in [-0.3, -0.25) is 5.01 Å². The quantitative estimate of drug-likeness (QED) is 0.805. The van der Waals surface area contributed by atoms with Crippen molar-refractivity contribution >= 4 is 23.0 Å². The minimum atomic E-state index is -0.152. The lowest BCUT2D eigenvalue weighted by atomic mass is 10.0. The smallest absolute Gasteiger partial charge is 0.189 e. The molecule has 1 aliphatic rings. The molecule has 0 spiro atoms. The number of para-hydroxylation sites is 1. The van der Waals surface area contributed by atoms with Crippen molar-refractivity contribution in [3.8, 4) is 0 Å². The molecule has 0 aromatic heterocycles. The Kier molecular flexibility index (Phi) is 3.35. The molecule has 0 amide bonds. The first kappa shape index (κ1) is 12.3. The molecule has 2 rings (SSSR count). The average Bonchev–Trinajstić information content (AvgIpc) is 2.54. The molecule has 0 aliphatic carbocycles. The van der Waals surface area contributed by atoms with E-state index in [-0.39, 0.29) is 5.66 Å². The van der Waals surface area contributed by atoms with Crippen LogP contribution in [0.4, 0.5) is 5.69 Å². The molecule has 1 aromatic rings. The molecular formula is C13H19N3S. The predicted octanol–water partition coefficient (Wildman–Crippen LogP) is 2.65. The van der Waals surface area contributed by atoms with Crippen LogP contribution in [0.5, 0.6) is 0 Å². The highest BCUT2D eigenvalue weighted by molar-refractivity contribution is 7.80. The highest BCUT2D eigenvalue weighted by Crippen LogP contribution is 2.23. The van der Waals surface area contributed by atoms with Crippen molar-refractivity contribution < 1.29 is 0 Å². The Hall–Kier alpha value is -1.13. The molecule has 92 valence electrons. The van der Waals surface area contributed by atoms with Crippen LogP contribution < -0.4 is 15.8 Å². The van der Waals surface area contributed by atoms with Crippen molar-refractivity contribution in [2.45, 2.75) is 32.9 Å². The van der Waals surface area contributed by atoms with Crippen LogP contribution in [0.1, 0.15) is 27.2 Å². The minimum Gasteiger partial charge on any atom is -0.342 e. The van der Waals surface area contributed by atoms with Crippen LogP contribution in [0.15, 0.2) is 30.3 Å². The van der Waals surface area contributed by atoms with E-state index in [4.69, 9.17) is 12.2 Å². The second kappa shape index (κ2) is 4.63. The number of nitrogens with one attached hydrogen (secondary N) is 2. The molecule has 0 bridgehead atoms. The zero-order chi connectivity index (χ0) is 12.5. The fourth-order valence-electron chi connectivity index (χ4n) is 2.29. The lowest BCUT2D eigenvalue weighted by Crippen LogP contribution is -2.49. The highest BCUT2D eigenvalue weighted by atomic mass is 32.1. The lowest BCUT2D eigenvalue weighted by Gasteiger charge is -2.27. The van der Waals surface area contributed by atoms with E-state index in [1.165, 1.54) is 0 Å². The Morgan fingerprint density at radius 3 is 2.53 bits per heavy atom. The second-order valence-corrected chi connectivity index (χ2v) is 5.53. The monoisotopic (exact) mass is 249 g/mol. The first-order chi connectivity index (χ1) is 8.00. The van der Waals surface area contributed by atoms with Crippen molar-refractivity contribution in [2.24, 2.45) is 5.92 Å². The standard InChI is InChI=1S/C13H19N3S/c1-10(2)9-13(3)14-12(17)16(15-13)11-7-5-4-6-8-11/h4-8,10,15H,9H2,1-3H3,(H,14,17). The van der Waals surface area contributed by atoms with Gasteiger partial charge in [0.2, 0.25) is 0 Å². The minimum absolute atomic E-state index is 0.152. The summed E-state index contributed by atoms with van der Waals surface area (Å²) in [5.74, 6) is 0.610. The van der Waals surface area contributed by atoms with E-state index >= 15 is 0 Å². The summed E-state index contributed by atoms with van der Waals surface area (Å²) in [6, 6.07) is 10.1. The molecule has 1 heterocycles. The molecule has 0 saturated carbocycles. The Bertz CT molecular complexity index is 404. The van der Waals surface area contributed by atoms with E-state index in [0.29, 0.717) is 5.92 Å². The van der Waals surface area contributed by atoms with Crippen molar-refractivity contribution in [3.05, 3.63) is 30.3 Å². The topological polar surface area (TPSA) is 27.3 Å². The van der Waals surface area contributed by atoms with Crippen molar-refractivity contribution in [3.63, 3.8) is 0 Å². The molecule has 2 N–H and O–H groups in total. The van der Waals surface area contributed by atoms with E-state index in [2.05, 4.69) is 31.5 Å². The maximum atomic E-state index is 5.38. The van der Waals surface area contributed by atoms with Gasteiger partial charge in [-0.15, -0.1) is 0 Å². The molecular weight excluding hydrogens is 230 g/mol. The van der Waals surface area contributed by atoms with Gasteiger partial charge in [0.25, 0.3) is 0 Å². The predicted molar refractivity (Wildman–Crippen MR) is 75.7 cm³/mol. The number of hydrogen-bond donors (Lipinski definition) is 2. The number of anilines is 1. The number of rotatable bonds is 3. The summed E-state index contributed by atoms with van der Waals surface area (Å²) >= 11 is 5.38. The Morgan fingerprint density at radius 2 is 1.94 bits per heavy atom. The molecule has 1 atom stereocenters. The third-order valence-electron chi connectivity index (χ3n) is 2.78. The van der Waals surface area contributed by atoms with Gasteiger partial charge in [0.1, 0.15) is 5.66 Å². The molecule has 1 aromatic carbocycles. The van der Waals surface area contributed by atoms with Gasteiger partial charge in [-0.1, -0.05) is 32.0 Å². The Morgan fingerprint density at radius 1 is 1.29 bits per heavy atom. The third kappa shape index (κ3) is 2.76. The van der Waals surface area contributed by atoms with Crippen LogP contribution >= 0.6 is 12.2 Å². The van der Waals surface area contributed by atoms with Gasteiger partial charge < -0.3 is 5.32 Å². The van der Waals surface area contributed by atoms with E-state index in [1.807, 2.05) is 35.3 Å². The summed E-state index contributed by atoms with van der Waals surface area (Å²) in [5.41, 5.74) is 4.36. The zero-order valence-corrected chi connectivity index (χ0v) is 11.3. The third-order valence-corrected chi connectivity index (χ3v) is 3.06. The average molecular weight is 249 g/mol. The molecule has 0 radical (unpaired) electrons. The number of nitrogens with zero attached hydrogens (tertiary/aromatic N) is 1. The Balaban J connectivity index is 2.15. The molecule has 4 heteroatoms. The summed E-state index contributed by atoms with van der Waals surface area (Å²) in [5, 5.41) is 6.03. The number of benzene rings is 1. The fraction of sp³-hybridized carbons (Fsp3) is 0.462. The number of hydrazine groups is 1. The molecule has 1 aliphatic heterocycles. The van der Waals surface area contributed by atoms with E-state index in [0.717, 1.165) is 17.2 Å². The van der Waals surface area contributed by atoms with Crippen LogP contribution in [0, 0.1) is 5.92 Å². The summed E-state index contributed by atoms with van der Waals surface area (Å²) in [6.45, 7) is 6.56. The van der Waals surface area contributed by atoms with Gasteiger partial charge in [-0.05, 0) is 43.6 Å². The van der Waals surface area contributed by atoms with Gasteiger partial charge in [0.15, 0.2) is 5.11 Å². The summed E-state index contributed by atoms with van der Waals surface area (Å²) in [4.78, 5) is 0. The molecule has 1 fully saturated rings. The van der Waals surface area contributed by atoms with Crippen molar-refractivity contribution in [2.75, 3.05) is 5.01 Å². The van der Waals surface area contributed by atoms with Gasteiger partial charge in [-0.25, -0.2) is 5.43 Å². The SMILES string of the molecule is CC(C)CC1(C)NC(=S)N(c2ccccc2)N1. The lowest BCUT2D eigenvalue weighted by molar-refractivity contribution is 0.303. The molecule has 1 unspecified atom stereocenters. The molecule has 17 heavy (non-hydrogen) atoms. The summed E-state index contributed by atoms with van der Waals surface area (Å²) in [7, 11) is 0. The Labute approximate surface area is 108 Å². The van der Waals surface area contributed by atoms with Gasteiger partial charge in [0.05, 0.1) is 5.69 Å². The summed E-state index contributed by atoms with van der Waals surface area (Å²) in [6.07, 6.45) is 1.02. The molecule has 1 saturated heterocycles. The van der Waals surface area contributed by atoms with Crippen LogP contribution in [0.2, 0.25) is 0 Å². The van der Waals surface area contributed by atoms with E-state index < -0.39 is 0 Å². The van der Waals surface area contributed by atoms with Crippen LogP contribution in [-0.4, -0.2) is 10.8 Å². The second-order valence-electron chi connectivity index (χ2n) is 5.14. The van der Waals surface area contributed by atoms with Crippen molar-refractivity contribution in [1.82, 2.24) is 10.7 Å². The van der Waals surface area contributed by atoms with Crippen LogP contribution in [0.3, 0.4) is 0 Å². The van der Waals surface area contributed by atoms with Gasteiger partial charge >= 0.3 is 0 Å². The fourth-order valence-corrected chi connectivity index (χ4v) is 2.67. The zero-order valence-electron chi connectivity index (χ0n) is 10.5. The maximum absolute atomic E-state index is 5.38. The van der Waals surface area contributed by atoms with Crippen LogP contribution in [0.25, 0.3) is 0 Å². The first-order valence-corrected chi connectivity index (χ1v) is 6.36. The van der Waals surface area contributed by atoms with Crippen LogP contribution in [-0.2, 0) is 0 Å².